The lowest BCUT2D eigenvalue weighted by Gasteiger charge is -2.28. The summed E-state index contributed by atoms with van der Waals surface area (Å²) in [5.41, 5.74) is 3.31. The number of anilines is 1. The van der Waals surface area contributed by atoms with E-state index >= 15 is 0 Å². The van der Waals surface area contributed by atoms with Crippen LogP contribution in [0.25, 0.3) is 0 Å². The Balaban J connectivity index is 1.79. The summed E-state index contributed by atoms with van der Waals surface area (Å²) in [6, 6.07) is 23.1. The predicted molar refractivity (Wildman–Crippen MR) is 128 cm³/mol. The van der Waals surface area contributed by atoms with Crippen LogP contribution in [0.15, 0.2) is 72.8 Å². The number of hydrogen-bond acceptors (Lipinski definition) is 4. The van der Waals surface area contributed by atoms with Gasteiger partial charge >= 0.3 is 5.97 Å². The van der Waals surface area contributed by atoms with Gasteiger partial charge in [-0.05, 0) is 35.2 Å². The Bertz CT molecular complexity index is 1020. The molecule has 6 heteroatoms. The Morgan fingerprint density at radius 3 is 2.03 bits per heavy atom. The van der Waals surface area contributed by atoms with Gasteiger partial charge in [-0.2, -0.15) is 0 Å². The summed E-state index contributed by atoms with van der Waals surface area (Å²) in [7, 11) is 1.87. The molecule has 3 aromatic carbocycles. The molecule has 3 rings (SSSR count). The Kier molecular flexibility index (Phi) is 8.72. The number of aldehydes is 1. The summed E-state index contributed by atoms with van der Waals surface area (Å²) in [4.78, 5) is 26.6. The van der Waals surface area contributed by atoms with E-state index in [-0.39, 0.29) is 12.0 Å². The average molecular weight is 449 g/mol. The van der Waals surface area contributed by atoms with E-state index < -0.39 is 11.8 Å². The molecular formula is C27H29FN2O3. The quantitative estimate of drug-likeness (QED) is 0.404. The first-order valence-electron chi connectivity index (χ1n) is 11.0. The van der Waals surface area contributed by atoms with Gasteiger partial charge in [0, 0.05) is 45.3 Å². The average Bonchev–Trinajstić information content (AvgIpc) is 2.82. The Labute approximate surface area is 194 Å². The highest BCUT2D eigenvalue weighted by Gasteiger charge is 2.18. The van der Waals surface area contributed by atoms with Crippen molar-refractivity contribution in [3.05, 3.63) is 101 Å². The summed E-state index contributed by atoms with van der Waals surface area (Å²) in [5, 5.41) is 9.36. The van der Waals surface area contributed by atoms with Crippen LogP contribution in [0.2, 0.25) is 0 Å². The minimum atomic E-state index is -1.31. The number of carbonyl (C=O) groups excluding carboxylic acids is 1. The van der Waals surface area contributed by atoms with Crippen LogP contribution < -0.4 is 4.90 Å². The monoisotopic (exact) mass is 448 g/mol. The van der Waals surface area contributed by atoms with Crippen molar-refractivity contribution < 1.29 is 19.1 Å². The number of hydrogen-bond donors (Lipinski definition) is 1. The fraction of sp³-hybridized carbons (Fsp3) is 0.259. The number of likely N-dealkylation sites (N-methyl/N-ethyl adjacent to an activating group) is 1. The molecule has 0 bridgehead atoms. The number of nitrogens with zero attached hydrogens (tertiary/aromatic N) is 2. The number of rotatable bonds is 12. The zero-order chi connectivity index (χ0) is 23.6. The third-order valence-electron chi connectivity index (χ3n) is 5.59. The molecule has 5 nitrogen and oxygen atoms in total. The highest BCUT2D eigenvalue weighted by Crippen LogP contribution is 2.25. The molecule has 0 aliphatic heterocycles. The molecule has 0 unspecified atom stereocenters. The highest BCUT2D eigenvalue weighted by molar-refractivity contribution is 5.89. The number of benzene rings is 3. The number of halogens is 1. The molecule has 0 atom stereocenters. The minimum Gasteiger partial charge on any atom is -0.478 e. The van der Waals surface area contributed by atoms with Gasteiger partial charge in [-0.1, -0.05) is 60.7 Å². The van der Waals surface area contributed by atoms with Gasteiger partial charge in [-0.15, -0.1) is 0 Å². The van der Waals surface area contributed by atoms with E-state index in [0.29, 0.717) is 30.8 Å². The number of aryl methyl sites for hydroxylation is 1. The molecule has 0 aromatic heterocycles. The van der Waals surface area contributed by atoms with Crippen LogP contribution in [-0.2, 0) is 24.3 Å². The van der Waals surface area contributed by atoms with Gasteiger partial charge in [-0.3, -0.25) is 4.90 Å². The molecule has 0 saturated heterocycles. The second-order valence-corrected chi connectivity index (χ2v) is 8.07. The van der Waals surface area contributed by atoms with Crippen LogP contribution in [0.1, 0.15) is 33.5 Å². The van der Waals surface area contributed by atoms with E-state index in [0.717, 1.165) is 19.4 Å². The molecule has 172 valence electrons. The van der Waals surface area contributed by atoms with Gasteiger partial charge in [0.25, 0.3) is 0 Å². The first-order chi connectivity index (χ1) is 16.0. The molecule has 3 aromatic rings. The first kappa shape index (κ1) is 24.1. The van der Waals surface area contributed by atoms with E-state index in [4.69, 9.17) is 0 Å². The number of carboxylic acid groups (broad SMARTS) is 1. The third kappa shape index (κ3) is 6.99. The van der Waals surface area contributed by atoms with Gasteiger partial charge in [-0.25, -0.2) is 9.18 Å². The third-order valence-corrected chi connectivity index (χ3v) is 5.59. The number of aromatic carboxylic acids is 1. The molecule has 0 amide bonds. The van der Waals surface area contributed by atoms with Crippen molar-refractivity contribution in [3.8, 4) is 0 Å². The maximum absolute atomic E-state index is 14.3. The maximum atomic E-state index is 14.3. The summed E-state index contributed by atoms with van der Waals surface area (Å²) in [5.74, 6) is -2.09. The van der Waals surface area contributed by atoms with Gasteiger partial charge in [0.2, 0.25) is 0 Å². The molecule has 0 spiro atoms. The van der Waals surface area contributed by atoms with Gasteiger partial charge < -0.3 is 14.8 Å². The van der Waals surface area contributed by atoms with Crippen molar-refractivity contribution >= 4 is 17.9 Å². The van der Waals surface area contributed by atoms with E-state index in [1.807, 2.05) is 48.3 Å². The summed E-state index contributed by atoms with van der Waals surface area (Å²) < 4.78 is 14.3. The van der Waals surface area contributed by atoms with Crippen molar-refractivity contribution in [3.63, 3.8) is 0 Å². The SMILES string of the molecule is CN(CCN(Cc1ccccc1)Cc1ccccc1)c1cc(C(=O)O)c(F)cc1CCC=O. The Morgan fingerprint density at radius 2 is 1.52 bits per heavy atom. The van der Waals surface area contributed by atoms with Crippen LogP contribution in [0.3, 0.4) is 0 Å². The van der Waals surface area contributed by atoms with Gasteiger partial charge in [0.05, 0.1) is 5.56 Å². The van der Waals surface area contributed by atoms with Crippen LogP contribution in [0.4, 0.5) is 10.1 Å². The van der Waals surface area contributed by atoms with Crippen molar-refractivity contribution in [1.29, 1.82) is 0 Å². The molecule has 0 fully saturated rings. The lowest BCUT2D eigenvalue weighted by atomic mass is 10.0. The second kappa shape index (κ2) is 11.9. The molecule has 33 heavy (non-hydrogen) atoms. The zero-order valence-electron chi connectivity index (χ0n) is 18.8. The molecule has 1 N–H and O–H groups in total. The van der Waals surface area contributed by atoms with Crippen LogP contribution >= 0.6 is 0 Å². The largest absolute Gasteiger partial charge is 0.478 e. The second-order valence-electron chi connectivity index (χ2n) is 8.07. The molecule has 0 aliphatic carbocycles. The fourth-order valence-corrected chi connectivity index (χ4v) is 3.85. The minimum absolute atomic E-state index is 0.251. The van der Waals surface area contributed by atoms with Crippen molar-refractivity contribution in [2.45, 2.75) is 25.9 Å². The topological polar surface area (TPSA) is 60.9 Å². The lowest BCUT2D eigenvalue weighted by molar-refractivity contribution is -0.107. The molecule has 0 heterocycles. The molecular weight excluding hydrogens is 419 g/mol. The van der Waals surface area contributed by atoms with Crippen molar-refractivity contribution in [1.82, 2.24) is 4.90 Å². The normalized spacial score (nSPS) is 10.9. The maximum Gasteiger partial charge on any atom is 0.338 e. The van der Waals surface area contributed by atoms with E-state index in [1.54, 1.807) is 0 Å². The van der Waals surface area contributed by atoms with Crippen LogP contribution in [-0.4, -0.2) is 42.4 Å². The lowest BCUT2D eigenvalue weighted by Crippen LogP contribution is -2.33. The number of carboxylic acids is 1. The van der Waals surface area contributed by atoms with E-state index in [1.165, 1.54) is 23.3 Å². The fourth-order valence-electron chi connectivity index (χ4n) is 3.85. The summed E-state index contributed by atoms with van der Waals surface area (Å²) in [6.07, 6.45) is 1.40. The van der Waals surface area contributed by atoms with E-state index in [2.05, 4.69) is 29.2 Å². The first-order valence-corrected chi connectivity index (χ1v) is 11.0. The van der Waals surface area contributed by atoms with Crippen molar-refractivity contribution in [2.24, 2.45) is 0 Å². The van der Waals surface area contributed by atoms with Crippen LogP contribution in [0, 0.1) is 5.82 Å². The predicted octanol–water partition coefficient (Wildman–Crippen LogP) is 4.79. The summed E-state index contributed by atoms with van der Waals surface area (Å²) in [6.45, 7) is 2.86. The van der Waals surface area contributed by atoms with E-state index in [9.17, 15) is 19.1 Å². The number of carbonyl (C=O) groups is 2. The highest BCUT2D eigenvalue weighted by atomic mass is 19.1. The van der Waals surface area contributed by atoms with Gasteiger partial charge in [0.15, 0.2) is 0 Å². The van der Waals surface area contributed by atoms with Crippen LogP contribution in [0.5, 0.6) is 0 Å². The van der Waals surface area contributed by atoms with Crippen molar-refractivity contribution in [2.75, 3.05) is 25.0 Å². The molecule has 0 saturated carbocycles. The standard InChI is InChI=1S/C27H29FN2O3/c1-29(26-18-24(27(32)33)25(28)17-23(26)13-8-16-31)14-15-30(19-21-9-4-2-5-10-21)20-22-11-6-3-7-12-22/h2-7,9-12,16-18H,8,13-15,19-20H2,1H3,(H,32,33). The Morgan fingerprint density at radius 1 is 0.939 bits per heavy atom. The van der Waals surface area contributed by atoms with Gasteiger partial charge in [0.1, 0.15) is 12.1 Å². The zero-order valence-corrected chi connectivity index (χ0v) is 18.8. The summed E-state index contributed by atoms with van der Waals surface area (Å²) >= 11 is 0. The smallest absolute Gasteiger partial charge is 0.338 e. The Hall–Kier alpha value is -3.51. The molecule has 0 radical (unpaired) electrons. The molecule has 0 aliphatic rings.